The van der Waals surface area contributed by atoms with Crippen LogP contribution in [0.15, 0.2) is 29.6 Å². The molecule has 0 aliphatic carbocycles. The molecule has 0 aliphatic heterocycles. The van der Waals surface area contributed by atoms with E-state index in [9.17, 15) is 4.79 Å². The van der Waals surface area contributed by atoms with Gasteiger partial charge in [-0.05, 0) is 19.1 Å². The van der Waals surface area contributed by atoms with E-state index in [0.29, 0.717) is 35.1 Å². The Hall–Kier alpha value is -3.23. The number of nitrogens with one attached hydrogen (secondary N) is 1. The van der Waals surface area contributed by atoms with Gasteiger partial charge in [-0.3, -0.25) is 4.98 Å². The maximum absolute atomic E-state index is 12.4. The van der Waals surface area contributed by atoms with Gasteiger partial charge in [0.05, 0.1) is 12.9 Å². The van der Waals surface area contributed by atoms with E-state index in [1.54, 1.807) is 17.0 Å². The quantitative estimate of drug-likeness (QED) is 0.600. The van der Waals surface area contributed by atoms with Crippen LogP contribution in [0.4, 0.5) is 0 Å². The molecule has 0 aliphatic rings. The van der Waals surface area contributed by atoms with Gasteiger partial charge in [0, 0.05) is 7.05 Å². The zero-order chi connectivity index (χ0) is 16.0. The van der Waals surface area contributed by atoms with Gasteiger partial charge < -0.3 is 9.30 Å². The summed E-state index contributed by atoms with van der Waals surface area (Å²) >= 11 is 0. The lowest BCUT2D eigenvalue weighted by Crippen LogP contribution is -2.16. The van der Waals surface area contributed by atoms with Crippen molar-refractivity contribution >= 4 is 22.3 Å². The maximum atomic E-state index is 12.4. The van der Waals surface area contributed by atoms with E-state index in [1.165, 1.54) is 10.9 Å². The number of rotatable bonds is 3. The van der Waals surface area contributed by atoms with Crippen molar-refractivity contribution in [3.63, 3.8) is 0 Å². The molecule has 0 unspecified atom stereocenters. The highest BCUT2D eigenvalue weighted by atomic mass is 16.5. The van der Waals surface area contributed by atoms with Gasteiger partial charge in [0.2, 0.25) is 5.88 Å². The molecular weight excluding hydrogens is 298 g/mol. The number of imidazole rings is 2. The number of aryl methyl sites for hydroxylation is 1. The third kappa shape index (κ3) is 1.97. The Morgan fingerprint density at radius 3 is 2.96 bits per heavy atom. The van der Waals surface area contributed by atoms with Crippen molar-refractivity contribution in [3.05, 3.63) is 35.3 Å². The fourth-order valence-electron chi connectivity index (χ4n) is 2.49. The smallest absolute Gasteiger partial charge is 0.333 e. The third-order valence-electron chi connectivity index (χ3n) is 3.49. The number of hydrogen-bond donors (Lipinski definition) is 1. The second kappa shape index (κ2) is 4.90. The highest BCUT2D eigenvalue weighted by molar-refractivity contribution is 5.79. The van der Waals surface area contributed by atoms with Crippen molar-refractivity contribution in [2.45, 2.75) is 6.92 Å². The Bertz CT molecular complexity index is 1080. The minimum absolute atomic E-state index is 0.336. The monoisotopic (exact) mass is 311 g/mol. The third-order valence-corrected chi connectivity index (χ3v) is 3.49. The molecule has 116 valence electrons. The van der Waals surface area contributed by atoms with Crippen LogP contribution in [0.5, 0.6) is 5.88 Å². The van der Waals surface area contributed by atoms with Crippen LogP contribution >= 0.6 is 0 Å². The average Bonchev–Trinajstić information content (AvgIpc) is 3.08. The average molecular weight is 311 g/mol. The first kappa shape index (κ1) is 13.4. The van der Waals surface area contributed by atoms with E-state index >= 15 is 0 Å². The number of ether oxygens (including phenoxy) is 1. The summed E-state index contributed by atoms with van der Waals surface area (Å²) in [5.41, 5.74) is 1.95. The van der Waals surface area contributed by atoms with Crippen LogP contribution in [-0.4, -0.2) is 40.7 Å². The highest BCUT2D eigenvalue weighted by Crippen LogP contribution is 2.22. The lowest BCUT2D eigenvalue weighted by molar-refractivity contribution is 0.329. The molecule has 1 N–H and O–H groups in total. The number of H-pyrrole nitrogens is 1. The second-order valence-corrected chi connectivity index (χ2v) is 4.94. The Labute approximate surface area is 129 Å². The second-order valence-electron chi connectivity index (χ2n) is 4.94. The molecule has 0 aromatic carbocycles. The normalized spacial score (nSPS) is 11.4. The molecule has 23 heavy (non-hydrogen) atoms. The van der Waals surface area contributed by atoms with Crippen LogP contribution < -0.4 is 10.4 Å². The van der Waals surface area contributed by atoms with Gasteiger partial charge in [0.15, 0.2) is 16.8 Å². The molecule has 0 bridgehead atoms. The topological polar surface area (TPSA) is 104 Å². The van der Waals surface area contributed by atoms with Crippen LogP contribution in [0.3, 0.4) is 0 Å². The first-order valence-corrected chi connectivity index (χ1v) is 7.06. The number of aromatic amines is 1. The number of pyridine rings is 1. The van der Waals surface area contributed by atoms with Crippen molar-refractivity contribution in [2.24, 2.45) is 7.05 Å². The van der Waals surface area contributed by atoms with Crippen LogP contribution in [0.25, 0.3) is 28.1 Å². The lowest BCUT2D eigenvalue weighted by atomic mass is 10.4. The summed E-state index contributed by atoms with van der Waals surface area (Å²) in [6.45, 7) is 2.28. The van der Waals surface area contributed by atoms with Gasteiger partial charge in [-0.2, -0.15) is 4.98 Å². The molecule has 0 fully saturated rings. The van der Waals surface area contributed by atoms with Crippen molar-refractivity contribution < 1.29 is 4.74 Å². The van der Waals surface area contributed by atoms with E-state index < -0.39 is 0 Å². The molecule has 0 amide bonds. The summed E-state index contributed by atoms with van der Waals surface area (Å²) in [5, 5.41) is 0. The van der Waals surface area contributed by atoms with Crippen LogP contribution in [0, 0.1) is 0 Å². The number of fused-ring (bicyclic) bond motifs is 2. The van der Waals surface area contributed by atoms with Crippen molar-refractivity contribution in [3.8, 4) is 11.7 Å². The molecule has 9 heteroatoms. The molecule has 0 radical (unpaired) electrons. The van der Waals surface area contributed by atoms with E-state index in [1.807, 2.05) is 20.0 Å². The minimum atomic E-state index is -0.351. The van der Waals surface area contributed by atoms with Gasteiger partial charge in [0.25, 0.3) is 0 Å². The van der Waals surface area contributed by atoms with Gasteiger partial charge in [0.1, 0.15) is 17.7 Å². The van der Waals surface area contributed by atoms with Crippen LogP contribution in [0.2, 0.25) is 0 Å². The van der Waals surface area contributed by atoms with Crippen molar-refractivity contribution in [1.29, 1.82) is 0 Å². The Morgan fingerprint density at radius 1 is 1.26 bits per heavy atom. The fourth-order valence-corrected chi connectivity index (χ4v) is 2.49. The first-order valence-electron chi connectivity index (χ1n) is 7.06. The van der Waals surface area contributed by atoms with Crippen molar-refractivity contribution in [1.82, 2.24) is 34.1 Å². The van der Waals surface area contributed by atoms with E-state index in [0.717, 1.165) is 5.52 Å². The maximum Gasteiger partial charge on any atom is 0.333 e. The van der Waals surface area contributed by atoms with Crippen molar-refractivity contribution in [2.75, 3.05) is 6.61 Å². The zero-order valence-electron chi connectivity index (χ0n) is 12.5. The minimum Gasteiger partial charge on any atom is -0.476 e. The van der Waals surface area contributed by atoms with Gasteiger partial charge in [-0.25, -0.2) is 24.3 Å². The Kier molecular flexibility index (Phi) is 2.86. The molecule has 0 spiro atoms. The SMILES string of the molecule is CCOc1ncnc2[nH]c(=O)n(-c3ccc4ncn(C)c4n3)c12. The van der Waals surface area contributed by atoms with Gasteiger partial charge >= 0.3 is 5.69 Å². The van der Waals surface area contributed by atoms with Gasteiger partial charge in [-0.15, -0.1) is 0 Å². The molecule has 4 heterocycles. The Balaban J connectivity index is 2.04. The molecule has 4 rings (SSSR count). The van der Waals surface area contributed by atoms with E-state index in [-0.39, 0.29) is 5.69 Å². The Morgan fingerprint density at radius 2 is 2.13 bits per heavy atom. The summed E-state index contributed by atoms with van der Waals surface area (Å²) < 4.78 is 8.71. The van der Waals surface area contributed by atoms with Crippen LogP contribution in [-0.2, 0) is 7.05 Å². The van der Waals surface area contributed by atoms with Crippen LogP contribution in [0.1, 0.15) is 6.92 Å². The summed E-state index contributed by atoms with van der Waals surface area (Å²) in [4.78, 5) is 32.0. The predicted molar refractivity (Wildman–Crippen MR) is 82.7 cm³/mol. The summed E-state index contributed by atoms with van der Waals surface area (Å²) in [6.07, 6.45) is 3.03. The highest BCUT2D eigenvalue weighted by Gasteiger charge is 2.17. The number of aromatic nitrogens is 7. The molecule has 0 saturated carbocycles. The molecular formula is C14H13N7O2. The summed E-state index contributed by atoms with van der Waals surface area (Å²) in [5.74, 6) is 0.788. The molecule has 0 atom stereocenters. The molecule has 9 nitrogen and oxygen atoms in total. The predicted octanol–water partition coefficient (Wildman–Crippen LogP) is 0.789. The summed E-state index contributed by atoms with van der Waals surface area (Å²) in [6, 6.07) is 3.54. The largest absolute Gasteiger partial charge is 0.476 e. The molecule has 4 aromatic heterocycles. The first-order chi connectivity index (χ1) is 11.2. The molecule has 0 saturated heterocycles. The number of nitrogens with zero attached hydrogens (tertiary/aromatic N) is 6. The van der Waals surface area contributed by atoms with Gasteiger partial charge in [-0.1, -0.05) is 0 Å². The van der Waals surface area contributed by atoms with E-state index in [4.69, 9.17) is 4.74 Å². The van der Waals surface area contributed by atoms with E-state index in [2.05, 4.69) is 24.9 Å². The zero-order valence-corrected chi connectivity index (χ0v) is 12.5. The lowest BCUT2D eigenvalue weighted by Gasteiger charge is -2.06. The number of hydrogen-bond acceptors (Lipinski definition) is 6. The molecule has 4 aromatic rings. The fraction of sp³-hybridized carbons (Fsp3) is 0.214. The summed E-state index contributed by atoms with van der Waals surface area (Å²) in [7, 11) is 1.85. The standard InChI is InChI=1S/C14H13N7O2/c1-3-23-13-10-11(15-6-16-13)19-14(22)21(10)9-5-4-8-12(18-9)20(2)7-17-8/h4-7H,3H2,1-2H3,(H,15,16,19,22).